The second kappa shape index (κ2) is 6.52. The lowest BCUT2D eigenvalue weighted by Gasteiger charge is -2.23. The van der Waals surface area contributed by atoms with Crippen molar-refractivity contribution in [2.75, 3.05) is 6.61 Å². The molecular formula is C19H24ClNO4. The highest BCUT2D eigenvalue weighted by atomic mass is 35.5. The van der Waals surface area contributed by atoms with E-state index in [1.807, 2.05) is 32.9 Å². The van der Waals surface area contributed by atoms with Crippen molar-refractivity contribution >= 4 is 24.0 Å². The zero-order valence-corrected chi connectivity index (χ0v) is 15.6. The van der Waals surface area contributed by atoms with Crippen LogP contribution in [0.2, 0.25) is 5.02 Å². The van der Waals surface area contributed by atoms with E-state index in [9.17, 15) is 9.59 Å². The number of fused-ring (bicyclic) bond motifs is 1. The molecule has 1 atom stereocenters. The number of amides is 1. The summed E-state index contributed by atoms with van der Waals surface area (Å²) in [7, 11) is 0. The lowest BCUT2D eigenvalue weighted by Crippen LogP contribution is -2.44. The maximum absolute atomic E-state index is 12.0. The van der Waals surface area contributed by atoms with E-state index in [0.717, 1.165) is 36.7 Å². The van der Waals surface area contributed by atoms with Gasteiger partial charge >= 0.3 is 6.09 Å². The first-order valence-corrected chi connectivity index (χ1v) is 8.99. The lowest BCUT2D eigenvalue weighted by molar-refractivity contribution is -0.110. The van der Waals surface area contributed by atoms with Crippen molar-refractivity contribution in [3.8, 4) is 5.75 Å². The number of halogens is 1. The number of carbonyl (C=O) groups excluding carboxylic acids is 2. The molecule has 0 aromatic heterocycles. The summed E-state index contributed by atoms with van der Waals surface area (Å²) in [6.45, 7) is 5.85. The van der Waals surface area contributed by atoms with Crippen LogP contribution in [-0.4, -0.2) is 30.1 Å². The van der Waals surface area contributed by atoms with Crippen molar-refractivity contribution in [3.63, 3.8) is 0 Å². The molecule has 1 aromatic carbocycles. The second-order valence-corrected chi connectivity index (χ2v) is 8.39. The molecule has 1 aromatic rings. The normalized spacial score (nSPS) is 20.6. The molecule has 1 unspecified atom stereocenters. The van der Waals surface area contributed by atoms with Gasteiger partial charge in [-0.2, -0.15) is 0 Å². The number of rotatable bonds is 5. The average molecular weight is 366 g/mol. The summed E-state index contributed by atoms with van der Waals surface area (Å²) in [4.78, 5) is 23.0. The van der Waals surface area contributed by atoms with Gasteiger partial charge in [0.25, 0.3) is 0 Å². The third-order valence-corrected chi connectivity index (χ3v) is 4.98. The number of benzene rings is 1. The number of nitrogens with one attached hydrogen (secondary N) is 1. The van der Waals surface area contributed by atoms with Gasteiger partial charge in [0.2, 0.25) is 0 Å². The molecule has 0 spiro atoms. The molecule has 0 radical (unpaired) electrons. The number of aldehydes is 1. The molecule has 2 aliphatic rings. The Morgan fingerprint density at radius 2 is 2.08 bits per heavy atom. The van der Waals surface area contributed by atoms with Crippen LogP contribution >= 0.6 is 11.6 Å². The Hall–Kier alpha value is -1.75. The lowest BCUT2D eigenvalue weighted by atomic mass is 10.1. The largest absolute Gasteiger partial charge is 0.490 e. The van der Waals surface area contributed by atoms with Gasteiger partial charge in [0, 0.05) is 5.92 Å². The zero-order chi connectivity index (χ0) is 18.2. The first kappa shape index (κ1) is 18.1. The van der Waals surface area contributed by atoms with E-state index in [1.165, 1.54) is 0 Å². The number of ether oxygens (including phenoxy) is 2. The first-order chi connectivity index (χ1) is 11.7. The Bertz CT molecular complexity index is 691. The molecule has 6 heteroatoms. The van der Waals surface area contributed by atoms with Gasteiger partial charge in [-0.3, -0.25) is 0 Å². The van der Waals surface area contributed by atoms with Crippen LogP contribution < -0.4 is 10.1 Å². The maximum atomic E-state index is 12.0. The third-order valence-electron chi connectivity index (χ3n) is 4.57. The van der Waals surface area contributed by atoms with Gasteiger partial charge < -0.3 is 19.6 Å². The summed E-state index contributed by atoms with van der Waals surface area (Å²) in [5, 5.41) is 3.49. The van der Waals surface area contributed by atoms with E-state index in [0.29, 0.717) is 23.8 Å². The van der Waals surface area contributed by atoms with Gasteiger partial charge in [-0.15, -0.1) is 0 Å². The Morgan fingerprint density at radius 1 is 1.36 bits per heavy atom. The van der Waals surface area contributed by atoms with Crippen LogP contribution in [0.15, 0.2) is 12.1 Å². The van der Waals surface area contributed by atoms with Crippen molar-refractivity contribution in [2.24, 2.45) is 5.92 Å². The van der Waals surface area contributed by atoms with Gasteiger partial charge in [-0.1, -0.05) is 17.7 Å². The molecule has 25 heavy (non-hydrogen) atoms. The molecule has 2 aliphatic carbocycles. The van der Waals surface area contributed by atoms with Crippen molar-refractivity contribution in [1.82, 2.24) is 5.32 Å². The fraction of sp³-hybridized carbons (Fsp3) is 0.579. The van der Waals surface area contributed by atoms with Crippen LogP contribution in [0, 0.1) is 5.92 Å². The van der Waals surface area contributed by atoms with Crippen LogP contribution in [0.1, 0.15) is 44.7 Å². The fourth-order valence-electron chi connectivity index (χ4n) is 3.07. The van der Waals surface area contributed by atoms with Crippen LogP contribution in [0.4, 0.5) is 4.79 Å². The monoisotopic (exact) mass is 365 g/mol. The Kier molecular flexibility index (Phi) is 4.71. The minimum atomic E-state index is -0.528. The highest BCUT2D eigenvalue weighted by Gasteiger charge is 2.46. The summed E-state index contributed by atoms with van der Waals surface area (Å²) in [5.41, 5.74) is 1.21. The molecule has 0 saturated heterocycles. The topological polar surface area (TPSA) is 64.6 Å². The number of alkyl carbamates (subject to hydrolysis) is 1. The second-order valence-electron chi connectivity index (χ2n) is 8.02. The standard InChI is InChI=1S/C19H24ClNO4/c1-18(2,3)25-17(23)21-19(6-7-19)11-24-15-5-4-13-8-12(10-22)9-14(13)16(15)20/h4-5,10,12H,6-9,11H2,1-3H3,(H,21,23). The number of hydrogen-bond donors (Lipinski definition) is 1. The molecule has 3 rings (SSSR count). The predicted molar refractivity (Wildman–Crippen MR) is 95.2 cm³/mol. The van der Waals surface area contributed by atoms with Crippen molar-refractivity contribution in [1.29, 1.82) is 0 Å². The van der Waals surface area contributed by atoms with Gasteiger partial charge in [0.15, 0.2) is 0 Å². The summed E-state index contributed by atoms with van der Waals surface area (Å²) in [6, 6.07) is 3.82. The molecule has 0 bridgehead atoms. The van der Waals surface area contributed by atoms with E-state index in [4.69, 9.17) is 21.1 Å². The average Bonchev–Trinajstić information content (AvgIpc) is 3.12. The van der Waals surface area contributed by atoms with Gasteiger partial charge in [-0.25, -0.2) is 4.79 Å². The van der Waals surface area contributed by atoms with Crippen molar-refractivity contribution in [2.45, 2.75) is 57.6 Å². The number of hydrogen-bond acceptors (Lipinski definition) is 4. The van der Waals surface area contributed by atoms with Gasteiger partial charge in [0.05, 0.1) is 10.6 Å². The first-order valence-electron chi connectivity index (χ1n) is 8.61. The van der Waals surface area contributed by atoms with Crippen LogP contribution in [0.25, 0.3) is 0 Å². The van der Waals surface area contributed by atoms with E-state index < -0.39 is 11.7 Å². The molecule has 136 valence electrons. The van der Waals surface area contributed by atoms with Crippen molar-refractivity contribution < 1.29 is 19.1 Å². The van der Waals surface area contributed by atoms with Gasteiger partial charge in [0.1, 0.15) is 24.2 Å². The maximum Gasteiger partial charge on any atom is 0.408 e. The molecule has 0 aliphatic heterocycles. The van der Waals surface area contributed by atoms with Crippen LogP contribution in [0.5, 0.6) is 5.75 Å². The van der Waals surface area contributed by atoms with Crippen LogP contribution in [-0.2, 0) is 22.4 Å². The molecule has 5 nitrogen and oxygen atoms in total. The predicted octanol–water partition coefficient (Wildman–Crippen LogP) is 3.69. The Morgan fingerprint density at radius 3 is 2.68 bits per heavy atom. The van der Waals surface area contributed by atoms with E-state index in [2.05, 4.69) is 5.32 Å². The summed E-state index contributed by atoms with van der Waals surface area (Å²) < 4.78 is 11.2. The van der Waals surface area contributed by atoms with Crippen LogP contribution in [0.3, 0.4) is 0 Å². The molecule has 1 saturated carbocycles. The molecule has 1 fully saturated rings. The highest BCUT2D eigenvalue weighted by molar-refractivity contribution is 6.33. The third kappa shape index (κ3) is 4.27. The smallest absolute Gasteiger partial charge is 0.408 e. The Balaban J connectivity index is 1.61. The molecule has 1 N–H and O–H groups in total. The summed E-state index contributed by atoms with van der Waals surface area (Å²) >= 11 is 6.47. The fourth-order valence-corrected chi connectivity index (χ4v) is 3.38. The molecular weight excluding hydrogens is 342 g/mol. The SMILES string of the molecule is CC(C)(C)OC(=O)NC1(COc2ccc3c(c2Cl)CC(C=O)C3)CC1. The van der Waals surface area contributed by atoms with Gasteiger partial charge in [-0.05, 0) is 63.6 Å². The quantitative estimate of drug-likeness (QED) is 0.808. The summed E-state index contributed by atoms with van der Waals surface area (Å²) in [6.07, 6.45) is 3.66. The zero-order valence-electron chi connectivity index (χ0n) is 14.9. The van der Waals surface area contributed by atoms with Crippen molar-refractivity contribution in [3.05, 3.63) is 28.3 Å². The number of carbonyl (C=O) groups is 2. The van der Waals surface area contributed by atoms with E-state index in [1.54, 1.807) is 0 Å². The Labute approximate surface area is 153 Å². The molecule has 0 heterocycles. The van der Waals surface area contributed by atoms with E-state index in [-0.39, 0.29) is 11.5 Å². The minimum Gasteiger partial charge on any atom is -0.490 e. The van der Waals surface area contributed by atoms with E-state index >= 15 is 0 Å². The molecule has 1 amide bonds. The minimum absolute atomic E-state index is 0.00589. The highest BCUT2D eigenvalue weighted by Crippen LogP contribution is 2.40. The summed E-state index contributed by atoms with van der Waals surface area (Å²) in [5.74, 6) is 0.607.